The topological polar surface area (TPSA) is 110 Å². The third kappa shape index (κ3) is 3.95. The number of rotatable bonds is 5. The Labute approximate surface area is 141 Å². The Balaban J connectivity index is 1.73. The number of aromatic nitrogens is 2. The van der Waals surface area contributed by atoms with Crippen LogP contribution in [0.3, 0.4) is 0 Å². The first-order valence-corrected chi connectivity index (χ1v) is 8.88. The third-order valence-electron chi connectivity index (χ3n) is 5.09. The molecular weight excluding hydrogens is 308 g/mol. The van der Waals surface area contributed by atoms with Crippen molar-refractivity contribution >= 4 is 11.8 Å². The van der Waals surface area contributed by atoms with Gasteiger partial charge in [0.25, 0.3) is 5.91 Å². The Bertz CT molecular complexity index is 593. The van der Waals surface area contributed by atoms with E-state index in [9.17, 15) is 9.59 Å². The van der Waals surface area contributed by atoms with Crippen LogP contribution in [0.4, 0.5) is 0 Å². The number of H-pyrrole nitrogens is 1. The molecule has 0 bridgehead atoms. The molecule has 0 radical (unpaired) electrons. The summed E-state index contributed by atoms with van der Waals surface area (Å²) in [5.41, 5.74) is 7.98. The van der Waals surface area contributed by atoms with E-state index in [4.69, 9.17) is 10.5 Å². The highest BCUT2D eigenvalue weighted by Crippen LogP contribution is 2.24. The molecule has 1 aliphatic carbocycles. The van der Waals surface area contributed by atoms with Crippen LogP contribution in [-0.2, 0) is 22.4 Å². The van der Waals surface area contributed by atoms with Crippen molar-refractivity contribution in [3.8, 4) is 0 Å². The van der Waals surface area contributed by atoms with Crippen molar-refractivity contribution in [2.45, 2.75) is 57.4 Å². The molecule has 0 saturated carbocycles. The van der Waals surface area contributed by atoms with Crippen LogP contribution in [-0.4, -0.2) is 41.3 Å². The first kappa shape index (κ1) is 17.0. The number of nitrogens with two attached hydrogens (primary N) is 1. The van der Waals surface area contributed by atoms with Crippen LogP contribution in [0.1, 0.15) is 60.3 Å². The summed E-state index contributed by atoms with van der Waals surface area (Å²) >= 11 is 0. The van der Waals surface area contributed by atoms with E-state index in [2.05, 4.69) is 15.5 Å². The van der Waals surface area contributed by atoms with E-state index in [0.717, 1.165) is 49.8 Å². The van der Waals surface area contributed by atoms with Crippen molar-refractivity contribution in [2.75, 3.05) is 13.2 Å². The monoisotopic (exact) mass is 334 g/mol. The summed E-state index contributed by atoms with van der Waals surface area (Å²) in [6.07, 6.45) is 7.03. The van der Waals surface area contributed by atoms with E-state index in [1.54, 1.807) is 0 Å². The highest BCUT2D eigenvalue weighted by atomic mass is 16.5. The summed E-state index contributed by atoms with van der Waals surface area (Å²) in [5, 5.41) is 10.3. The summed E-state index contributed by atoms with van der Waals surface area (Å²) in [7, 11) is 0. The van der Waals surface area contributed by atoms with Crippen LogP contribution >= 0.6 is 0 Å². The number of amides is 2. The largest absolute Gasteiger partial charge is 0.381 e. The molecule has 0 spiro atoms. The molecule has 7 nitrogen and oxygen atoms in total. The van der Waals surface area contributed by atoms with Crippen molar-refractivity contribution in [1.82, 2.24) is 15.5 Å². The maximum atomic E-state index is 12.7. The predicted octanol–water partition coefficient (Wildman–Crippen LogP) is 1.08. The highest BCUT2D eigenvalue weighted by molar-refractivity contribution is 5.94. The molecule has 3 rings (SSSR count). The lowest BCUT2D eigenvalue weighted by atomic mass is 9.89. The lowest BCUT2D eigenvalue weighted by molar-refractivity contribution is -0.118. The number of hydrogen-bond donors (Lipinski definition) is 3. The van der Waals surface area contributed by atoms with Gasteiger partial charge in [-0.25, -0.2) is 0 Å². The average Bonchev–Trinajstić information content (AvgIpc) is 2.83. The zero-order valence-electron chi connectivity index (χ0n) is 14.0. The van der Waals surface area contributed by atoms with Gasteiger partial charge < -0.3 is 15.8 Å². The molecule has 1 atom stereocenters. The Kier molecular flexibility index (Phi) is 5.50. The molecule has 1 aromatic rings. The molecular formula is C17H26N4O3. The van der Waals surface area contributed by atoms with Gasteiger partial charge in [0.2, 0.25) is 5.91 Å². The molecule has 24 heavy (non-hydrogen) atoms. The van der Waals surface area contributed by atoms with Crippen LogP contribution in [0, 0.1) is 5.92 Å². The number of nitrogens with one attached hydrogen (secondary N) is 2. The number of nitrogens with zero attached hydrogens (tertiary/aromatic N) is 1. The molecule has 1 saturated heterocycles. The van der Waals surface area contributed by atoms with E-state index in [0.29, 0.717) is 18.9 Å². The van der Waals surface area contributed by atoms with E-state index < -0.39 is 5.91 Å². The molecule has 0 unspecified atom stereocenters. The van der Waals surface area contributed by atoms with Gasteiger partial charge >= 0.3 is 0 Å². The van der Waals surface area contributed by atoms with Gasteiger partial charge in [-0.05, 0) is 44.4 Å². The van der Waals surface area contributed by atoms with Crippen LogP contribution in [0.15, 0.2) is 0 Å². The Hall–Kier alpha value is -1.89. The fourth-order valence-corrected chi connectivity index (χ4v) is 3.75. The number of ether oxygens (including phenoxy) is 1. The molecule has 2 heterocycles. The van der Waals surface area contributed by atoms with Gasteiger partial charge in [-0.2, -0.15) is 5.10 Å². The number of aromatic amines is 1. The minimum Gasteiger partial charge on any atom is -0.381 e. The number of primary amides is 1. The zero-order chi connectivity index (χ0) is 16.9. The molecule has 1 fully saturated rings. The predicted molar refractivity (Wildman–Crippen MR) is 88.5 cm³/mol. The van der Waals surface area contributed by atoms with Crippen molar-refractivity contribution in [3.63, 3.8) is 0 Å². The maximum absolute atomic E-state index is 12.7. The SMILES string of the molecule is NC(=O)C[C@@H](NC(=O)c1n[nH]c2c1CCCCC2)C1CCOCC1. The third-order valence-corrected chi connectivity index (χ3v) is 5.09. The summed E-state index contributed by atoms with van der Waals surface area (Å²) in [6.45, 7) is 1.32. The zero-order valence-corrected chi connectivity index (χ0v) is 14.0. The van der Waals surface area contributed by atoms with Crippen molar-refractivity contribution in [3.05, 3.63) is 17.0 Å². The standard InChI is InChI=1S/C17H26N4O3/c18-15(22)10-14(11-6-8-24-9-7-11)19-17(23)16-12-4-2-1-3-5-13(12)20-21-16/h11,14H,1-10H2,(H2,18,22)(H,19,23)(H,20,21)/t14-/m1/s1. The van der Waals surface area contributed by atoms with Crippen molar-refractivity contribution < 1.29 is 14.3 Å². The van der Waals surface area contributed by atoms with Gasteiger partial charge in [0.1, 0.15) is 0 Å². The van der Waals surface area contributed by atoms with Crippen molar-refractivity contribution in [2.24, 2.45) is 11.7 Å². The Morgan fingerprint density at radius 2 is 2.00 bits per heavy atom. The first-order chi connectivity index (χ1) is 11.6. The molecule has 1 aromatic heterocycles. The smallest absolute Gasteiger partial charge is 0.272 e. The van der Waals surface area contributed by atoms with Gasteiger partial charge in [-0.3, -0.25) is 14.7 Å². The second-order valence-corrected chi connectivity index (χ2v) is 6.79. The highest BCUT2D eigenvalue weighted by Gasteiger charge is 2.29. The van der Waals surface area contributed by atoms with E-state index >= 15 is 0 Å². The summed E-state index contributed by atoms with van der Waals surface area (Å²) < 4.78 is 5.37. The second kappa shape index (κ2) is 7.79. The summed E-state index contributed by atoms with van der Waals surface area (Å²) in [5.74, 6) is -0.382. The fourth-order valence-electron chi connectivity index (χ4n) is 3.75. The van der Waals surface area contributed by atoms with Crippen LogP contribution in [0.25, 0.3) is 0 Å². The summed E-state index contributed by atoms with van der Waals surface area (Å²) in [6, 6.07) is -0.253. The number of hydrogen-bond acceptors (Lipinski definition) is 4. The second-order valence-electron chi connectivity index (χ2n) is 6.79. The van der Waals surface area contributed by atoms with E-state index in [1.807, 2.05) is 0 Å². The lowest BCUT2D eigenvalue weighted by Crippen LogP contribution is -2.45. The minimum absolute atomic E-state index is 0.156. The van der Waals surface area contributed by atoms with Gasteiger partial charge in [0.05, 0.1) is 0 Å². The molecule has 0 aromatic carbocycles. The molecule has 4 N–H and O–H groups in total. The fraction of sp³-hybridized carbons (Fsp3) is 0.706. The molecule has 1 aliphatic heterocycles. The van der Waals surface area contributed by atoms with Gasteiger partial charge in [-0.1, -0.05) is 6.42 Å². The van der Waals surface area contributed by atoms with E-state index in [-0.39, 0.29) is 24.3 Å². The number of aryl methyl sites for hydroxylation is 1. The normalized spacial score (nSPS) is 20.0. The maximum Gasteiger partial charge on any atom is 0.272 e. The van der Waals surface area contributed by atoms with Gasteiger partial charge in [0.15, 0.2) is 5.69 Å². The Morgan fingerprint density at radius 1 is 1.25 bits per heavy atom. The van der Waals surface area contributed by atoms with Crippen LogP contribution in [0.2, 0.25) is 0 Å². The van der Waals surface area contributed by atoms with Crippen molar-refractivity contribution in [1.29, 1.82) is 0 Å². The van der Waals surface area contributed by atoms with Crippen LogP contribution in [0.5, 0.6) is 0 Å². The molecule has 132 valence electrons. The molecule has 2 aliphatic rings. The summed E-state index contributed by atoms with van der Waals surface area (Å²) in [4.78, 5) is 24.2. The molecule has 2 amide bonds. The van der Waals surface area contributed by atoms with Crippen LogP contribution < -0.4 is 11.1 Å². The minimum atomic E-state index is -0.396. The number of carbonyl (C=O) groups excluding carboxylic acids is 2. The van der Waals surface area contributed by atoms with Gasteiger partial charge in [0, 0.05) is 36.9 Å². The Morgan fingerprint density at radius 3 is 2.75 bits per heavy atom. The number of carbonyl (C=O) groups is 2. The quantitative estimate of drug-likeness (QED) is 0.700. The average molecular weight is 334 g/mol. The van der Waals surface area contributed by atoms with E-state index in [1.165, 1.54) is 6.42 Å². The lowest BCUT2D eigenvalue weighted by Gasteiger charge is -2.30. The van der Waals surface area contributed by atoms with Gasteiger partial charge in [-0.15, -0.1) is 0 Å². The molecule has 7 heteroatoms. The first-order valence-electron chi connectivity index (χ1n) is 8.88. The number of fused-ring (bicyclic) bond motifs is 1.